The Kier molecular flexibility index (Phi) is 7.11. The smallest absolute Gasteiger partial charge is 0.314 e. The van der Waals surface area contributed by atoms with Gasteiger partial charge in [-0.1, -0.05) is 6.92 Å². The standard InChI is InChI=1S/C23H29F2N7O2/c1-4-19-17(12-27-23(33)26-2)22(30-32(19)15-7-9-34-10-8-15)29-18-6-5-16(20(24)21(18)25)14-11-28-31(3)13-14/h5-6,11,13,15H,4,7-10,12H2,1-3H3,(H,29,30)(H2,26,27,33). The molecule has 34 heavy (non-hydrogen) atoms. The molecule has 1 aromatic carbocycles. The summed E-state index contributed by atoms with van der Waals surface area (Å²) in [5, 5.41) is 17.0. The average Bonchev–Trinajstić information content (AvgIpc) is 3.44. The minimum atomic E-state index is -1.01. The molecule has 182 valence electrons. The summed E-state index contributed by atoms with van der Waals surface area (Å²) in [4.78, 5) is 11.8. The molecule has 1 fully saturated rings. The molecule has 0 aliphatic carbocycles. The van der Waals surface area contributed by atoms with Crippen LogP contribution in [-0.4, -0.2) is 45.9 Å². The van der Waals surface area contributed by atoms with Gasteiger partial charge in [-0.25, -0.2) is 13.6 Å². The van der Waals surface area contributed by atoms with Crippen molar-refractivity contribution < 1.29 is 18.3 Å². The number of nitrogens with zero attached hydrogens (tertiary/aromatic N) is 4. The number of anilines is 2. The summed E-state index contributed by atoms with van der Waals surface area (Å²) in [6, 6.07) is 2.78. The van der Waals surface area contributed by atoms with Gasteiger partial charge < -0.3 is 20.7 Å². The highest BCUT2D eigenvalue weighted by atomic mass is 19.2. The van der Waals surface area contributed by atoms with E-state index >= 15 is 4.39 Å². The molecule has 3 aromatic rings. The number of nitrogens with one attached hydrogen (secondary N) is 3. The Labute approximate surface area is 196 Å². The molecule has 3 N–H and O–H groups in total. The highest BCUT2D eigenvalue weighted by Gasteiger charge is 2.25. The largest absolute Gasteiger partial charge is 0.381 e. The maximum atomic E-state index is 15.1. The molecule has 0 radical (unpaired) electrons. The fraction of sp³-hybridized carbons (Fsp3) is 0.435. The molecule has 0 saturated carbocycles. The van der Waals surface area contributed by atoms with Crippen molar-refractivity contribution in [3.05, 3.63) is 47.4 Å². The van der Waals surface area contributed by atoms with Crippen LogP contribution in [0.25, 0.3) is 11.1 Å². The lowest BCUT2D eigenvalue weighted by Crippen LogP contribution is -2.32. The van der Waals surface area contributed by atoms with Gasteiger partial charge >= 0.3 is 6.03 Å². The van der Waals surface area contributed by atoms with Crippen molar-refractivity contribution in [2.45, 2.75) is 38.8 Å². The van der Waals surface area contributed by atoms with Gasteiger partial charge in [-0.3, -0.25) is 9.36 Å². The van der Waals surface area contributed by atoms with E-state index in [9.17, 15) is 9.18 Å². The maximum absolute atomic E-state index is 15.1. The van der Waals surface area contributed by atoms with Gasteiger partial charge in [0.2, 0.25) is 0 Å². The van der Waals surface area contributed by atoms with Crippen molar-refractivity contribution in [1.82, 2.24) is 30.2 Å². The molecular formula is C23H29F2N7O2. The van der Waals surface area contributed by atoms with Gasteiger partial charge in [0.25, 0.3) is 0 Å². The number of carbonyl (C=O) groups is 1. The lowest BCUT2D eigenvalue weighted by atomic mass is 10.1. The first-order valence-electron chi connectivity index (χ1n) is 11.3. The van der Waals surface area contributed by atoms with E-state index < -0.39 is 11.6 Å². The second-order valence-electron chi connectivity index (χ2n) is 8.16. The predicted octanol–water partition coefficient (Wildman–Crippen LogP) is 3.65. The van der Waals surface area contributed by atoms with Crippen LogP contribution < -0.4 is 16.0 Å². The molecule has 1 aliphatic heterocycles. The molecule has 0 spiro atoms. The normalized spacial score (nSPS) is 14.3. The number of aromatic nitrogens is 4. The van der Waals surface area contributed by atoms with Crippen LogP contribution in [0.15, 0.2) is 24.5 Å². The van der Waals surface area contributed by atoms with Gasteiger partial charge in [0.15, 0.2) is 17.5 Å². The second-order valence-corrected chi connectivity index (χ2v) is 8.16. The Morgan fingerprint density at radius 3 is 2.65 bits per heavy atom. The van der Waals surface area contributed by atoms with Gasteiger partial charge in [-0.15, -0.1) is 0 Å². The molecule has 2 aromatic heterocycles. The topological polar surface area (TPSA) is 98.0 Å². The number of ether oxygens (including phenoxy) is 1. The molecule has 0 atom stereocenters. The minimum absolute atomic E-state index is 0.0365. The molecule has 3 heterocycles. The van der Waals surface area contributed by atoms with Crippen molar-refractivity contribution in [3.63, 3.8) is 0 Å². The third kappa shape index (κ3) is 4.74. The van der Waals surface area contributed by atoms with E-state index in [0.29, 0.717) is 31.0 Å². The summed E-state index contributed by atoms with van der Waals surface area (Å²) >= 11 is 0. The summed E-state index contributed by atoms with van der Waals surface area (Å²) in [7, 11) is 3.24. The van der Waals surface area contributed by atoms with Crippen LogP contribution in [-0.2, 0) is 24.8 Å². The summed E-state index contributed by atoms with van der Waals surface area (Å²) in [6.45, 7) is 3.46. The lowest BCUT2D eigenvalue weighted by Gasteiger charge is -2.24. The van der Waals surface area contributed by atoms with E-state index in [2.05, 4.69) is 21.0 Å². The third-order valence-corrected chi connectivity index (χ3v) is 5.99. The van der Waals surface area contributed by atoms with Crippen LogP contribution in [0.4, 0.5) is 25.1 Å². The molecule has 4 rings (SSSR count). The van der Waals surface area contributed by atoms with E-state index in [1.54, 1.807) is 13.2 Å². The van der Waals surface area contributed by atoms with E-state index in [1.807, 2.05) is 11.6 Å². The number of rotatable bonds is 7. The summed E-state index contributed by atoms with van der Waals surface area (Å²) in [5.41, 5.74) is 2.23. The number of halogens is 2. The van der Waals surface area contributed by atoms with Crippen molar-refractivity contribution >= 4 is 17.5 Å². The van der Waals surface area contributed by atoms with Crippen LogP contribution in [0.3, 0.4) is 0 Å². The average molecular weight is 474 g/mol. The highest BCUT2D eigenvalue weighted by Crippen LogP contribution is 2.33. The Morgan fingerprint density at radius 1 is 1.24 bits per heavy atom. The molecule has 1 aliphatic rings. The quantitative estimate of drug-likeness (QED) is 0.487. The lowest BCUT2D eigenvalue weighted by molar-refractivity contribution is 0.0655. The van der Waals surface area contributed by atoms with Crippen molar-refractivity contribution in [2.75, 3.05) is 25.6 Å². The molecule has 2 amide bonds. The van der Waals surface area contributed by atoms with Gasteiger partial charge in [0, 0.05) is 55.9 Å². The number of carbonyl (C=O) groups excluding carboxylic acids is 1. The fourth-order valence-electron chi connectivity index (χ4n) is 4.21. The maximum Gasteiger partial charge on any atom is 0.314 e. The van der Waals surface area contributed by atoms with Crippen LogP contribution >= 0.6 is 0 Å². The summed E-state index contributed by atoms with van der Waals surface area (Å²) in [5.74, 6) is -1.60. The van der Waals surface area contributed by atoms with Gasteiger partial charge in [-0.05, 0) is 31.4 Å². The Hall–Kier alpha value is -3.47. The molecule has 0 unspecified atom stereocenters. The first kappa shape index (κ1) is 23.7. The number of aryl methyl sites for hydroxylation is 1. The SMILES string of the molecule is CCc1c(CNC(=O)NC)c(Nc2ccc(-c3cnn(C)c3)c(F)c2F)nn1C1CCOCC1. The van der Waals surface area contributed by atoms with Crippen LogP contribution in [0.5, 0.6) is 0 Å². The monoisotopic (exact) mass is 473 g/mol. The Morgan fingerprint density at radius 2 is 2.00 bits per heavy atom. The van der Waals surface area contributed by atoms with Gasteiger partial charge in [0.1, 0.15) is 0 Å². The van der Waals surface area contributed by atoms with Crippen LogP contribution in [0.2, 0.25) is 0 Å². The predicted molar refractivity (Wildman–Crippen MR) is 124 cm³/mol. The van der Waals surface area contributed by atoms with E-state index in [4.69, 9.17) is 9.84 Å². The van der Waals surface area contributed by atoms with Gasteiger partial charge in [-0.2, -0.15) is 10.2 Å². The third-order valence-electron chi connectivity index (χ3n) is 5.99. The molecule has 9 nitrogen and oxygen atoms in total. The number of urea groups is 1. The summed E-state index contributed by atoms with van der Waals surface area (Å²) in [6.07, 6.45) is 5.37. The summed E-state index contributed by atoms with van der Waals surface area (Å²) < 4.78 is 39.0. The first-order valence-corrected chi connectivity index (χ1v) is 11.3. The number of amides is 2. The van der Waals surface area contributed by atoms with Crippen LogP contribution in [0, 0.1) is 11.6 Å². The minimum Gasteiger partial charge on any atom is -0.381 e. The number of benzene rings is 1. The van der Waals surface area contributed by atoms with E-state index in [1.165, 1.54) is 30.1 Å². The molecule has 11 heteroatoms. The number of hydrogen-bond acceptors (Lipinski definition) is 5. The van der Waals surface area contributed by atoms with Crippen LogP contribution in [0.1, 0.15) is 37.1 Å². The number of hydrogen-bond donors (Lipinski definition) is 3. The van der Waals surface area contributed by atoms with Crippen molar-refractivity contribution in [3.8, 4) is 11.1 Å². The van der Waals surface area contributed by atoms with E-state index in [-0.39, 0.29) is 29.9 Å². The molecule has 1 saturated heterocycles. The Bertz CT molecular complexity index is 1170. The zero-order chi connectivity index (χ0) is 24.2. The van der Waals surface area contributed by atoms with Crippen molar-refractivity contribution in [2.24, 2.45) is 7.05 Å². The fourth-order valence-corrected chi connectivity index (χ4v) is 4.21. The Balaban J connectivity index is 1.70. The van der Waals surface area contributed by atoms with E-state index in [0.717, 1.165) is 24.1 Å². The zero-order valence-corrected chi connectivity index (χ0v) is 19.5. The zero-order valence-electron chi connectivity index (χ0n) is 19.5. The van der Waals surface area contributed by atoms with Crippen molar-refractivity contribution in [1.29, 1.82) is 0 Å². The van der Waals surface area contributed by atoms with Gasteiger partial charge in [0.05, 0.1) is 24.5 Å². The molecule has 0 bridgehead atoms. The molecular weight excluding hydrogens is 444 g/mol. The highest BCUT2D eigenvalue weighted by molar-refractivity contribution is 5.74. The second kappa shape index (κ2) is 10.2. The first-order chi connectivity index (χ1) is 16.4.